The van der Waals surface area contributed by atoms with Crippen LogP contribution in [-0.4, -0.2) is 11.9 Å². The van der Waals surface area contributed by atoms with Gasteiger partial charge in [-0.1, -0.05) is 18.2 Å². The molecule has 2 heterocycles. The maximum Gasteiger partial charge on any atom is 0.273 e. The van der Waals surface area contributed by atoms with E-state index >= 15 is 0 Å². The molecule has 1 aliphatic rings. The van der Waals surface area contributed by atoms with Gasteiger partial charge in [-0.3, -0.25) is 15.6 Å². The highest BCUT2D eigenvalue weighted by atomic mass is 19.2. The zero-order valence-corrected chi connectivity index (χ0v) is 15.5. The Morgan fingerprint density at radius 3 is 2.76 bits per heavy atom. The van der Waals surface area contributed by atoms with Crippen molar-refractivity contribution in [3.05, 3.63) is 83.1 Å². The predicted molar refractivity (Wildman–Crippen MR) is 102 cm³/mol. The Balaban J connectivity index is 1.48. The van der Waals surface area contributed by atoms with Crippen molar-refractivity contribution >= 4 is 17.3 Å². The quantitative estimate of drug-likeness (QED) is 0.491. The van der Waals surface area contributed by atoms with Gasteiger partial charge in [-0.2, -0.15) is 0 Å². The van der Waals surface area contributed by atoms with Crippen LogP contribution in [0.3, 0.4) is 0 Å². The lowest BCUT2D eigenvalue weighted by atomic mass is 10.1. The predicted octanol–water partition coefficient (Wildman–Crippen LogP) is 4.41. The Bertz CT molecular complexity index is 1070. The van der Waals surface area contributed by atoms with Gasteiger partial charge in [-0.25, -0.2) is 13.2 Å². The van der Waals surface area contributed by atoms with Crippen LogP contribution < -0.4 is 15.8 Å². The van der Waals surface area contributed by atoms with Gasteiger partial charge in [0.25, 0.3) is 5.91 Å². The maximum absolute atomic E-state index is 13.7. The summed E-state index contributed by atoms with van der Waals surface area (Å²) in [5, 5.41) is 0. The smallest absolute Gasteiger partial charge is 0.273 e. The molecule has 2 aromatic carbocycles. The van der Waals surface area contributed by atoms with Crippen LogP contribution >= 0.6 is 0 Å². The van der Waals surface area contributed by atoms with E-state index in [1.54, 1.807) is 0 Å². The minimum Gasteiger partial charge on any atom is -0.467 e. The van der Waals surface area contributed by atoms with Crippen molar-refractivity contribution in [3.8, 4) is 0 Å². The molecule has 5 nitrogen and oxygen atoms in total. The molecular weight excluding hydrogens is 383 g/mol. The Morgan fingerprint density at radius 2 is 1.93 bits per heavy atom. The zero-order chi connectivity index (χ0) is 20.5. The molecule has 0 fully saturated rings. The van der Waals surface area contributed by atoms with E-state index in [1.807, 2.05) is 18.2 Å². The molecule has 1 unspecified atom stereocenters. The summed E-state index contributed by atoms with van der Waals surface area (Å²) < 4.78 is 45.6. The molecule has 0 saturated heterocycles. The molecule has 0 bridgehead atoms. The van der Waals surface area contributed by atoms with Crippen LogP contribution in [0.15, 0.2) is 53.1 Å². The fraction of sp³-hybridized carbons (Fsp3) is 0.190. The Labute approximate surface area is 165 Å². The monoisotopic (exact) mass is 401 g/mol. The number of carbonyl (C=O) groups is 1. The number of nitrogens with one attached hydrogen (secondary N) is 2. The van der Waals surface area contributed by atoms with Crippen molar-refractivity contribution in [1.82, 2.24) is 5.43 Å². The molecular formula is C21H18F3N3O2. The van der Waals surface area contributed by atoms with Crippen molar-refractivity contribution in [2.75, 3.05) is 10.3 Å². The maximum atomic E-state index is 13.7. The van der Waals surface area contributed by atoms with Crippen molar-refractivity contribution in [2.24, 2.45) is 0 Å². The highest BCUT2D eigenvalue weighted by Crippen LogP contribution is 2.33. The summed E-state index contributed by atoms with van der Waals surface area (Å²) >= 11 is 0. The van der Waals surface area contributed by atoms with Crippen molar-refractivity contribution in [3.63, 3.8) is 0 Å². The SMILES string of the molecule is CC1Cc2ccccc2N1Cc1occc1C(=O)NNc1ccc(F)c(F)c1F. The fourth-order valence-corrected chi connectivity index (χ4v) is 3.50. The van der Waals surface area contributed by atoms with Gasteiger partial charge in [-0.15, -0.1) is 0 Å². The van der Waals surface area contributed by atoms with E-state index in [0.717, 1.165) is 24.2 Å². The van der Waals surface area contributed by atoms with E-state index in [9.17, 15) is 18.0 Å². The third kappa shape index (κ3) is 3.53. The summed E-state index contributed by atoms with van der Waals surface area (Å²) in [6, 6.07) is 11.5. The number of carbonyl (C=O) groups excluding carboxylic acids is 1. The highest BCUT2D eigenvalue weighted by Gasteiger charge is 2.28. The number of nitrogens with zero attached hydrogens (tertiary/aromatic N) is 1. The molecule has 1 aliphatic heterocycles. The molecule has 1 aromatic heterocycles. The number of hydrogen-bond acceptors (Lipinski definition) is 4. The summed E-state index contributed by atoms with van der Waals surface area (Å²) in [5.74, 6) is -4.48. The average Bonchev–Trinajstić information content (AvgIpc) is 3.30. The van der Waals surface area contributed by atoms with Crippen LogP contribution in [0, 0.1) is 17.5 Å². The number of hydrazine groups is 1. The van der Waals surface area contributed by atoms with Crippen molar-refractivity contribution < 1.29 is 22.4 Å². The van der Waals surface area contributed by atoms with Crippen molar-refractivity contribution in [1.29, 1.82) is 0 Å². The van der Waals surface area contributed by atoms with E-state index in [2.05, 4.69) is 28.7 Å². The number of amides is 1. The molecule has 8 heteroatoms. The first-order valence-corrected chi connectivity index (χ1v) is 9.06. The number of para-hydroxylation sites is 1. The molecule has 1 amide bonds. The topological polar surface area (TPSA) is 57.5 Å². The molecule has 0 saturated carbocycles. The van der Waals surface area contributed by atoms with Crippen LogP contribution in [-0.2, 0) is 13.0 Å². The van der Waals surface area contributed by atoms with Gasteiger partial charge in [-0.05, 0) is 43.2 Å². The van der Waals surface area contributed by atoms with Gasteiger partial charge in [0.1, 0.15) is 5.76 Å². The normalized spacial score (nSPS) is 15.3. The average molecular weight is 401 g/mol. The molecule has 29 heavy (non-hydrogen) atoms. The second-order valence-corrected chi connectivity index (χ2v) is 6.87. The van der Waals surface area contributed by atoms with Crippen LogP contribution in [0.25, 0.3) is 0 Å². The second-order valence-electron chi connectivity index (χ2n) is 6.87. The zero-order valence-electron chi connectivity index (χ0n) is 15.5. The summed E-state index contributed by atoms with van der Waals surface area (Å²) in [6.07, 6.45) is 2.30. The number of rotatable bonds is 5. The number of benzene rings is 2. The molecule has 150 valence electrons. The van der Waals surface area contributed by atoms with E-state index in [4.69, 9.17) is 4.42 Å². The lowest BCUT2D eigenvalue weighted by Gasteiger charge is -2.24. The molecule has 0 spiro atoms. The molecule has 0 aliphatic carbocycles. The van der Waals surface area contributed by atoms with Crippen LogP contribution in [0.4, 0.5) is 24.5 Å². The first kappa shape index (κ1) is 18.9. The first-order chi connectivity index (χ1) is 14.0. The summed E-state index contributed by atoms with van der Waals surface area (Å²) in [5.41, 5.74) is 6.76. The van der Waals surface area contributed by atoms with Crippen LogP contribution in [0.5, 0.6) is 0 Å². The number of hydrogen-bond donors (Lipinski definition) is 2. The lowest BCUT2D eigenvalue weighted by molar-refractivity contribution is 0.0960. The largest absolute Gasteiger partial charge is 0.467 e. The number of anilines is 2. The standard InChI is InChI=1S/C21H18F3N3O2/c1-12-10-13-4-2-3-5-17(13)27(12)11-18-14(8-9-29-18)21(28)26-25-16-7-6-15(22)19(23)20(16)24/h2-9,12,25H,10-11H2,1H3,(H,26,28). The number of furan rings is 1. The van der Waals surface area contributed by atoms with Crippen LogP contribution in [0.1, 0.15) is 28.6 Å². The molecule has 1 atom stereocenters. The summed E-state index contributed by atoms with van der Waals surface area (Å²) in [7, 11) is 0. The number of halogens is 3. The Kier molecular flexibility index (Phi) is 4.92. The molecule has 4 rings (SSSR count). The van der Waals surface area contributed by atoms with Crippen LogP contribution in [0.2, 0.25) is 0 Å². The third-order valence-electron chi connectivity index (χ3n) is 5.00. The highest BCUT2D eigenvalue weighted by molar-refractivity contribution is 5.95. The minimum absolute atomic E-state index is 0.239. The number of fused-ring (bicyclic) bond motifs is 1. The minimum atomic E-state index is -1.62. The van der Waals surface area contributed by atoms with Gasteiger partial charge < -0.3 is 9.32 Å². The van der Waals surface area contributed by atoms with Gasteiger partial charge in [0.05, 0.1) is 24.1 Å². The molecule has 2 N–H and O–H groups in total. The van der Waals surface area contributed by atoms with E-state index < -0.39 is 23.4 Å². The van der Waals surface area contributed by atoms with E-state index in [1.165, 1.54) is 17.9 Å². The summed E-state index contributed by atoms with van der Waals surface area (Å²) in [6.45, 7) is 2.48. The van der Waals surface area contributed by atoms with Gasteiger partial charge in [0.2, 0.25) is 0 Å². The van der Waals surface area contributed by atoms with Gasteiger partial charge >= 0.3 is 0 Å². The summed E-state index contributed by atoms with van der Waals surface area (Å²) in [4.78, 5) is 14.7. The van der Waals surface area contributed by atoms with E-state index in [0.29, 0.717) is 12.3 Å². The first-order valence-electron chi connectivity index (χ1n) is 9.06. The van der Waals surface area contributed by atoms with Gasteiger partial charge in [0.15, 0.2) is 17.5 Å². The molecule has 0 radical (unpaired) electrons. The Morgan fingerprint density at radius 1 is 1.14 bits per heavy atom. The molecule has 3 aromatic rings. The van der Waals surface area contributed by atoms with E-state index in [-0.39, 0.29) is 17.3 Å². The Hall–Kier alpha value is -3.42. The van der Waals surface area contributed by atoms with Crippen molar-refractivity contribution in [2.45, 2.75) is 25.9 Å². The second kappa shape index (κ2) is 7.54. The third-order valence-corrected chi connectivity index (χ3v) is 5.00. The fourth-order valence-electron chi connectivity index (χ4n) is 3.50. The van der Waals surface area contributed by atoms with Gasteiger partial charge in [0, 0.05) is 11.7 Å². The lowest BCUT2D eigenvalue weighted by Crippen LogP contribution is -2.32.